The summed E-state index contributed by atoms with van der Waals surface area (Å²) in [6, 6.07) is 7.84. The molecule has 6 heterocycles. The largest absolute Gasteiger partial charge is 0.335 e. The van der Waals surface area contributed by atoms with Gasteiger partial charge in [-0.3, -0.25) is 41.6 Å². The molecule has 0 radical (unpaired) electrons. The zero-order valence-corrected chi connectivity index (χ0v) is 38.5. The maximum Gasteiger partial charge on any atom is 0.219 e. The van der Waals surface area contributed by atoms with Gasteiger partial charge in [0.25, 0.3) is 0 Å². The Hall–Kier alpha value is -5.94. The molecule has 5 aromatic rings. The maximum absolute atomic E-state index is 7.53. The number of imidazole rings is 2. The molecular formula is C41H74N18. The molecule has 1 aliphatic rings. The smallest absolute Gasteiger partial charge is 0.219 e. The minimum atomic E-state index is 0.321. The number of amidine groups is 1. The first-order chi connectivity index (χ1) is 27.4. The first-order valence-electron chi connectivity index (χ1n) is 20.0. The molecular weight excluding hydrogens is 745 g/mol. The average Bonchev–Trinajstić information content (AvgIpc) is 3.98. The van der Waals surface area contributed by atoms with E-state index in [9.17, 15) is 0 Å². The third-order valence-electron chi connectivity index (χ3n) is 8.98. The molecule has 0 unspecified atom stereocenters. The topological polar surface area (TPSA) is 216 Å². The Kier molecular flexibility index (Phi) is 20.9. The molecule has 1 aliphatic heterocycles. The van der Waals surface area contributed by atoms with Gasteiger partial charge >= 0.3 is 0 Å². The Morgan fingerprint density at radius 1 is 0.458 bits per heavy atom. The normalized spacial score (nSPS) is 11.8. The molecule has 6 rings (SSSR count). The van der Waals surface area contributed by atoms with Gasteiger partial charge in [-0.05, 0) is 95.2 Å². The van der Waals surface area contributed by atoms with Crippen LogP contribution in [0.25, 0.3) is 0 Å². The molecule has 328 valence electrons. The second-order valence-electron chi connectivity index (χ2n) is 15.7. The fraction of sp³-hybridized carbons (Fsp3) is 0.561. The molecule has 5 aromatic heterocycles. The maximum atomic E-state index is 7.53. The molecule has 0 aliphatic carbocycles. The van der Waals surface area contributed by atoms with Gasteiger partial charge < -0.3 is 27.7 Å². The van der Waals surface area contributed by atoms with Crippen molar-refractivity contribution < 1.29 is 0 Å². The summed E-state index contributed by atoms with van der Waals surface area (Å²) in [5.74, 6) is 0.713. The van der Waals surface area contributed by atoms with Crippen molar-refractivity contribution in [1.29, 1.82) is 32.5 Å². The van der Waals surface area contributed by atoms with E-state index in [0.29, 0.717) is 70.0 Å². The molecule has 0 saturated carbocycles. The van der Waals surface area contributed by atoms with E-state index in [4.69, 9.17) is 32.5 Å². The van der Waals surface area contributed by atoms with E-state index in [0.717, 1.165) is 6.42 Å². The van der Waals surface area contributed by atoms with Crippen LogP contribution in [-0.2, 0) is 28.2 Å². The summed E-state index contributed by atoms with van der Waals surface area (Å²) in [5, 5.41) is 52.7. The van der Waals surface area contributed by atoms with E-state index in [-0.39, 0.29) is 0 Å². The van der Waals surface area contributed by atoms with Crippen molar-refractivity contribution >= 4 is 5.84 Å². The summed E-state index contributed by atoms with van der Waals surface area (Å²) in [6.45, 7) is 24.7. The Bertz CT molecular complexity index is 2080. The number of nitrogens with one attached hydrogen (secondary N) is 6. The standard InChI is InChI=1S/C8H12N2.2C7H13N3.C7H12N2.2C6H12N4/c1-7(2)10-6-4-3-5-8(10)9;2*1-6(2)10-5-4-9(3)7(10)8;1-6(2)9-5-3-4-7(9)8;2*1-5(2)10-4-8-9(3)6(10)7/h3-7,9H,1-2H3;2*4-6,8H,1-3H3;3,5-6,8H,4H2,1-2H3;2*4-5,7H,1-3H3. The highest BCUT2D eigenvalue weighted by Crippen LogP contribution is 2.10. The van der Waals surface area contributed by atoms with E-state index in [2.05, 4.69) is 65.6 Å². The molecule has 6 N–H and O–H groups in total. The van der Waals surface area contributed by atoms with Gasteiger partial charge in [0, 0.05) is 108 Å². The van der Waals surface area contributed by atoms with Crippen molar-refractivity contribution in [3.8, 4) is 0 Å². The fourth-order valence-electron chi connectivity index (χ4n) is 5.26. The van der Waals surface area contributed by atoms with E-state index in [1.165, 1.54) is 0 Å². The Balaban J connectivity index is 0.000000354. The summed E-state index contributed by atoms with van der Waals surface area (Å²) in [6.07, 6.45) is 17.7. The second-order valence-corrected chi connectivity index (χ2v) is 15.7. The average molecular weight is 819 g/mol. The molecule has 0 spiro atoms. The fourth-order valence-corrected chi connectivity index (χ4v) is 5.26. The molecule has 59 heavy (non-hydrogen) atoms. The van der Waals surface area contributed by atoms with Gasteiger partial charge in [-0.15, -0.1) is 0 Å². The third-order valence-corrected chi connectivity index (χ3v) is 8.98. The lowest BCUT2D eigenvalue weighted by atomic mass is 10.3. The van der Waals surface area contributed by atoms with Gasteiger partial charge in [0.2, 0.25) is 22.5 Å². The zero-order valence-electron chi connectivity index (χ0n) is 38.5. The highest BCUT2D eigenvalue weighted by Gasteiger charge is 2.13. The van der Waals surface area contributed by atoms with Crippen LogP contribution in [0.5, 0.6) is 0 Å². The quantitative estimate of drug-likeness (QED) is 0.131. The minimum Gasteiger partial charge on any atom is -0.335 e. The lowest BCUT2D eigenvalue weighted by molar-refractivity contribution is 0.462. The van der Waals surface area contributed by atoms with Crippen LogP contribution in [0.2, 0.25) is 0 Å². The van der Waals surface area contributed by atoms with Crippen LogP contribution in [-0.4, -0.2) is 68.3 Å². The lowest BCUT2D eigenvalue weighted by Gasteiger charge is -2.19. The van der Waals surface area contributed by atoms with Crippen LogP contribution in [0.1, 0.15) is 120 Å². The highest BCUT2D eigenvalue weighted by atomic mass is 15.4. The summed E-state index contributed by atoms with van der Waals surface area (Å²) in [7, 11) is 7.28. The first-order valence-corrected chi connectivity index (χ1v) is 20.0. The molecule has 0 atom stereocenters. The van der Waals surface area contributed by atoms with Gasteiger partial charge in [-0.2, -0.15) is 10.2 Å². The summed E-state index contributed by atoms with van der Waals surface area (Å²) in [4.78, 5) is 1.97. The van der Waals surface area contributed by atoms with Crippen molar-refractivity contribution in [3.63, 3.8) is 0 Å². The van der Waals surface area contributed by atoms with E-state index < -0.39 is 0 Å². The molecule has 0 aromatic carbocycles. The van der Waals surface area contributed by atoms with Gasteiger partial charge in [0.1, 0.15) is 24.0 Å². The Morgan fingerprint density at radius 2 is 0.847 bits per heavy atom. The van der Waals surface area contributed by atoms with Crippen LogP contribution in [0.3, 0.4) is 0 Å². The second kappa shape index (κ2) is 24.1. The molecule has 0 saturated heterocycles. The molecule has 0 fully saturated rings. The Morgan fingerprint density at radius 3 is 1.02 bits per heavy atom. The predicted molar refractivity (Wildman–Crippen MR) is 233 cm³/mol. The molecule has 0 amide bonds. The number of hydrogen-bond donors (Lipinski definition) is 6. The minimum absolute atomic E-state index is 0.321. The predicted octanol–water partition coefficient (Wildman–Crippen LogP) is 5.48. The number of aryl methyl sites for hydroxylation is 4. The number of hydrogen-bond acceptors (Lipinski definition) is 8. The number of nitrogens with zero attached hydrogens (tertiary/aromatic N) is 12. The van der Waals surface area contributed by atoms with Crippen molar-refractivity contribution in [1.82, 2.24) is 56.4 Å². The van der Waals surface area contributed by atoms with Gasteiger partial charge in [-0.1, -0.05) is 12.1 Å². The van der Waals surface area contributed by atoms with E-state index in [1.54, 1.807) is 60.4 Å². The monoisotopic (exact) mass is 819 g/mol. The lowest BCUT2D eigenvalue weighted by Crippen LogP contribution is -2.27. The van der Waals surface area contributed by atoms with Crippen molar-refractivity contribution in [2.24, 2.45) is 28.2 Å². The Labute approximate surface area is 350 Å². The SMILES string of the molecule is CC(C)N1C=CCC1=N.CC(C)n1ccccc1=N.CC(C)n1ccn(C)c1=N.CC(C)n1ccn(C)c1=N.CC(C)n1cnn(C)c1=N.CC(C)n1cnn(C)c1=N. The van der Waals surface area contributed by atoms with E-state index in [1.807, 2.05) is 116 Å². The molecule has 0 bridgehead atoms. The van der Waals surface area contributed by atoms with Gasteiger partial charge in [-0.25, -0.2) is 9.36 Å². The summed E-state index contributed by atoms with van der Waals surface area (Å²) < 4.78 is 16.0. The van der Waals surface area contributed by atoms with Crippen molar-refractivity contribution in [2.45, 2.75) is 126 Å². The summed E-state index contributed by atoms with van der Waals surface area (Å²) >= 11 is 0. The van der Waals surface area contributed by atoms with Gasteiger partial charge in [0.05, 0.1) is 0 Å². The van der Waals surface area contributed by atoms with Crippen LogP contribution >= 0.6 is 0 Å². The van der Waals surface area contributed by atoms with Crippen LogP contribution in [0.4, 0.5) is 0 Å². The van der Waals surface area contributed by atoms with Crippen molar-refractivity contribution in [3.05, 3.63) is 102 Å². The summed E-state index contributed by atoms with van der Waals surface area (Å²) in [5.41, 5.74) is 2.55. The van der Waals surface area contributed by atoms with Crippen LogP contribution < -0.4 is 28.0 Å². The highest BCUT2D eigenvalue weighted by molar-refractivity contribution is 5.84. The molecule has 18 nitrogen and oxygen atoms in total. The van der Waals surface area contributed by atoms with Gasteiger partial charge in [0.15, 0.2) is 0 Å². The zero-order chi connectivity index (χ0) is 45.3. The van der Waals surface area contributed by atoms with Crippen LogP contribution in [0, 0.1) is 32.5 Å². The number of pyridine rings is 1. The molecule has 18 heteroatoms. The van der Waals surface area contributed by atoms with E-state index >= 15 is 0 Å². The van der Waals surface area contributed by atoms with Crippen molar-refractivity contribution in [2.75, 3.05) is 0 Å². The number of rotatable bonds is 6. The third kappa shape index (κ3) is 15.7. The number of aromatic nitrogens is 11. The first kappa shape index (κ1) is 51.1. The van der Waals surface area contributed by atoms with Crippen LogP contribution in [0.15, 0.2) is 74.1 Å².